The van der Waals surface area contributed by atoms with Gasteiger partial charge in [-0.05, 0) is 25.1 Å². The average Bonchev–Trinajstić information content (AvgIpc) is 3.12. The molecule has 2 aliphatic heterocycles. The minimum atomic E-state index is -0.176. The maximum absolute atomic E-state index is 13.4. The van der Waals surface area contributed by atoms with Gasteiger partial charge in [0, 0.05) is 57.7 Å². The zero-order valence-electron chi connectivity index (χ0n) is 19.2. The summed E-state index contributed by atoms with van der Waals surface area (Å²) in [5.74, 6) is 2.26. The monoisotopic (exact) mass is 448 g/mol. The molecule has 2 aliphatic rings. The molecule has 172 valence electrons. The van der Waals surface area contributed by atoms with Gasteiger partial charge in [0.1, 0.15) is 28.9 Å². The van der Waals surface area contributed by atoms with E-state index in [0.717, 1.165) is 34.6 Å². The van der Waals surface area contributed by atoms with Crippen LogP contribution < -0.4 is 9.47 Å². The van der Waals surface area contributed by atoms with Crippen molar-refractivity contribution in [3.63, 3.8) is 0 Å². The highest BCUT2D eigenvalue weighted by Crippen LogP contribution is 2.38. The molecule has 0 bridgehead atoms. The minimum Gasteiger partial charge on any atom is -0.493 e. The van der Waals surface area contributed by atoms with Crippen molar-refractivity contribution in [2.45, 2.75) is 26.4 Å². The van der Waals surface area contributed by atoms with E-state index >= 15 is 0 Å². The van der Waals surface area contributed by atoms with Gasteiger partial charge in [-0.2, -0.15) is 0 Å². The first-order valence-electron chi connectivity index (χ1n) is 11.3. The van der Waals surface area contributed by atoms with Crippen LogP contribution in [0.4, 0.5) is 0 Å². The molecule has 1 atom stereocenters. The number of nitrogens with zero attached hydrogens (tertiary/aromatic N) is 4. The van der Waals surface area contributed by atoms with Crippen molar-refractivity contribution in [3.8, 4) is 11.5 Å². The average molecular weight is 449 g/mol. The Morgan fingerprint density at radius 2 is 1.82 bits per heavy atom. The van der Waals surface area contributed by atoms with Crippen LogP contribution in [0, 0.1) is 6.92 Å². The third-order valence-corrected chi connectivity index (χ3v) is 6.61. The maximum atomic E-state index is 13.4. The molecule has 3 heterocycles. The van der Waals surface area contributed by atoms with Gasteiger partial charge in [0.15, 0.2) is 0 Å². The summed E-state index contributed by atoms with van der Waals surface area (Å²) in [6.07, 6.45) is 0.542. The van der Waals surface area contributed by atoms with Gasteiger partial charge in [0.25, 0.3) is 5.91 Å². The predicted molar refractivity (Wildman–Crippen MR) is 124 cm³/mol. The Balaban J connectivity index is 1.49. The zero-order chi connectivity index (χ0) is 23.1. The lowest BCUT2D eigenvalue weighted by Crippen LogP contribution is -2.50. The SMILES string of the molecule is CC(=O)N1CCN(C(=O)c2cc(OC3CCOc4ccccc43)c3nc(C)n(C)c3c2)CC1. The number of amides is 2. The van der Waals surface area contributed by atoms with Gasteiger partial charge in [-0.25, -0.2) is 4.98 Å². The van der Waals surface area contributed by atoms with E-state index in [1.165, 1.54) is 0 Å². The van der Waals surface area contributed by atoms with E-state index in [1.807, 2.05) is 54.9 Å². The predicted octanol–water partition coefficient (Wildman–Crippen LogP) is 3.09. The highest BCUT2D eigenvalue weighted by Gasteiger charge is 2.27. The third-order valence-electron chi connectivity index (χ3n) is 6.61. The summed E-state index contributed by atoms with van der Waals surface area (Å²) in [6.45, 7) is 6.22. The lowest BCUT2D eigenvalue weighted by atomic mass is 10.0. The van der Waals surface area contributed by atoms with Crippen molar-refractivity contribution < 1.29 is 19.1 Å². The van der Waals surface area contributed by atoms with E-state index in [0.29, 0.717) is 44.1 Å². The standard InChI is InChI=1S/C25H28N4O4/c1-16-26-24-20(27(16)3)14-18(25(31)29-11-9-28(10-12-29)17(2)30)15-23(24)33-22-8-13-32-21-7-5-4-6-19(21)22/h4-7,14-15,22H,8-13H2,1-3H3. The number of para-hydroxylation sites is 1. The molecule has 1 saturated heterocycles. The summed E-state index contributed by atoms with van der Waals surface area (Å²) < 4.78 is 14.3. The summed E-state index contributed by atoms with van der Waals surface area (Å²) in [5, 5.41) is 0. The lowest BCUT2D eigenvalue weighted by Gasteiger charge is -2.34. The summed E-state index contributed by atoms with van der Waals surface area (Å²) in [5.41, 5.74) is 3.17. The van der Waals surface area contributed by atoms with E-state index in [9.17, 15) is 9.59 Å². The van der Waals surface area contributed by atoms with Crippen LogP contribution in [0.1, 0.15) is 41.2 Å². The molecular formula is C25H28N4O4. The van der Waals surface area contributed by atoms with Crippen LogP contribution in [-0.4, -0.2) is 64.0 Å². The van der Waals surface area contributed by atoms with E-state index in [4.69, 9.17) is 14.5 Å². The minimum absolute atomic E-state index is 0.0429. The van der Waals surface area contributed by atoms with Crippen LogP contribution in [0.3, 0.4) is 0 Å². The zero-order valence-corrected chi connectivity index (χ0v) is 19.2. The van der Waals surface area contributed by atoms with Crippen molar-refractivity contribution in [3.05, 3.63) is 53.3 Å². The number of hydrogen-bond donors (Lipinski definition) is 0. The summed E-state index contributed by atoms with van der Waals surface area (Å²) in [6, 6.07) is 11.6. The normalized spacial score (nSPS) is 18.1. The highest BCUT2D eigenvalue weighted by atomic mass is 16.5. The molecule has 0 radical (unpaired) electrons. The number of imidazole rings is 1. The van der Waals surface area contributed by atoms with Crippen LogP contribution in [0.2, 0.25) is 0 Å². The number of hydrogen-bond acceptors (Lipinski definition) is 5. The Labute approximate surface area is 192 Å². The second-order valence-corrected chi connectivity index (χ2v) is 8.64. The van der Waals surface area contributed by atoms with Gasteiger partial charge < -0.3 is 23.8 Å². The molecule has 0 aliphatic carbocycles. The Kier molecular flexibility index (Phi) is 5.44. The van der Waals surface area contributed by atoms with Crippen LogP contribution in [0.15, 0.2) is 36.4 Å². The second kappa shape index (κ2) is 8.42. The van der Waals surface area contributed by atoms with Gasteiger partial charge in [-0.15, -0.1) is 0 Å². The molecule has 5 rings (SSSR count). The Hall–Kier alpha value is -3.55. The first-order valence-corrected chi connectivity index (χ1v) is 11.3. The second-order valence-electron chi connectivity index (χ2n) is 8.64. The van der Waals surface area contributed by atoms with Crippen molar-refractivity contribution in [1.29, 1.82) is 0 Å². The van der Waals surface area contributed by atoms with Gasteiger partial charge in [-0.1, -0.05) is 18.2 Å². The Morgan fingerprint density at radius 1 is 1.09 bits per heavy atom. The maximum Gasteiger partial charge on any atom is 0.254 e. The van der Waals surface area contributed by atoms with Gasteiger partial charge in [0.2, 0.25) is 5.91 Å². The lowest BCUT2D eigenvalue weighted by molar-refractivity contribution is -0.130. The van der Waals surface area contributed by atoms with E-state index in [1.54, 1.807) is 16.7 Å². The molecule has 8 heteroatoms. The molecule has 3 aromatic rings. The molecule has 8 nitrogen and oxygen atoms in total. The molecular weight excluding hydrogens is 420 g/mol. The van der Waals surface area contributed by atoms with Crippen molar-refractivity contribution >= 4 is 22.8 Å². The number of carbonyl (C=O) groups is 2. The number of ether oxygens (including phenoxy) is 2. The van der Waals surface area contributed by atoms with Crippen molar-refractivity contribution in [1.82, 2.24) is 19.4 Å². The van der Waals surface area contributed by atoms with E-state index in [-0.39, 0.29) is 17.9 Å². The molecule has 2 amide bonds. The molecule has 2 aromatic carbocycles. The fourth-order valence-corrected chi connectivity index (χ4v) is 4.58. The Bertz CT molecular complexity index is 1230. The molecule has 1 unspecified atom stereocenters. The van der Waals surface area contributed by atoms with Crippen LogP contribution >= 0.6 is 0 Å². The summed E-state index contributed by atoms with van der Waals surface area (Å²) in [4.78, 5) is 33.3. The number of aromatic nitrogens is 2. The summed E-state index contributed by atoms with van der Waals surface area (Å²) in [7, 11) is 1.94. The smallest absolute Gasteiger partial charge is 0.254 e. The van der Waals surface area contributed by atoms with Gasteiger partial charge in [-0.3, -0.25) is 9.59 Å². The number of fused-ring (bicyclic) bond motifs is 2. The van der Waals surface area contributed by atoms with Crippen LogP contribution in [-0.2, 0) is 11.8 Å². The third kappa shape index (κ3) is 3.90. The number of piperazine rings is 1. The number of rotatable bonds is 3. The highest BCUT2D eigenvalue weighted by molar-refractivity contribution is 5.99. The fourth-order valence-electron chi connectivity index (χ4n) is 4.58. The number of benzene rings is 2. The summed E-state index contributed by atoms with van der Waals surface area (Å²) >= 11 is 0. The Morgan fingerprint density at radius 3 is 2.58 bits per heavy atom. The fraction of sp³-hybridized carbons (Fsp3) is 0.400. The molecule has 0 N–H and O–H groups in total. The largest absolute Gasteiger partial charge is 0.493 e. The van der Waals surface area contributed by atoms with Crippen molar-refractivity contribution in [2.75, 3.05) is 32.8 Å². The molecule has 1 aromatic heterocycles. The first-order chi connectivity index (χ1) is 15.9. The van der Waals surface area contributed by atoms with Crippen molar-refractivity contribution in [2.24, 2.45) is 7.05 Å². The number of aryl methyl sites for hydroxylation is 2. The van der Waals surface area contributed by atoms with E-state index < -0.39 is 0 Å². The molecule has 0 spiro atoms. The molecule has 1 fully saturated rings. The van der Waals surface area contributed by atoms with Gasteiger partial charge >= 0.3 is 0 Å². The molecule has 0 saturated carbocycles. The molecule has 33 heavy (non-hydrogen) atoms. The topological polar surface area (TPSA) is 76.9 Å². The number of carbonyl (C=O) groups excluding carboxylic acids is 2. The van der Waals surface area contributed by atoms with Crippen LogP contribution in [0.5, 0.6) is 11.5 Å². The van der Waals surface area contributed by atoms with Crippen LogP contribution in [0.25, 0.3) is 11.0 Å². The van der Waals surface area contributed by atoms with Gasteiger partial charge in [0.05, 0.1) is 12.1 Å². The van der Waals surface area contributed by atoms with E-state index in [2.05, 4.69) is 0 Å². The first kappa shape index (κ1) is 21.3. The quantitative estimate of drug-likeness (QED) is 0.616.